The van der Waals surface area contributed by atoms with Crippen LogP contribution in [0.5, 0.6) is 11.5 Å². The number of halogens is 2. The van der Waals surface area contributed by atoms with Gasteiger partial charge in [-0.25, -0.2) is 0 Å². The molecule has 0 saturated carbocycles. The third-order valence-corrected chi connectivity index (χ3v) is 3.83. The number of aromatic hydroxyl groups is 1. The zero-order chi connectivity index (χ0) is 17.8. The topological polar surface area (TPSA) is 68.4 Å². The second-order valence-electron chi connectivity index (χ2n) is 5.08. The maximum atomic E-state index is 9.74. The van der Waals surface area contributed by atoms with Gasteiger partial charge < -0.3 is 14.4 Å². The van der Waals surface area contributed by atoms with Gasteiger partial charge in [0.25, 0.3) is 5.89 Å². The molecular weight excluding hydrogens is 363 g/mol. The molecule has 1 heterocycles. The highest BCUT2D eigenvalue weighted by Gasteiger charge is 2.12. The minimum atomic E-state index is 0.0675. The molecule has 0 fully saturated rings. The number of phenols is 1. The number of nitrogens with zero attached hydrogens (tertiary/aromatic N) is 2. The molecule has 2 aromatic carbocycles. The number of hydrogen-bond donors (Lipinski definition) is 1. The van der Waals surface area contributed by atoms with E-state index in [0.29, 0.717) is 23.2 Å². The SMILES string of the molecule is CCOc1cc(/C=C(\Cl)c2nc(-c3ccc(Cl)cc3)no2)ccc1O. The summed E-state index contributed by atoms with van der Waals surface area (Å²) in [4.78, 5) is 4.28. The third-order valence-electron chi connectivity index (χ3n) is 3.31. The summed E-state index contributed by atoms with van der Waals surface area (Å²) in [6.07, 6.45) is 1.66. The molecule has 1 N–H and O–H groups in total. The third kappa shape index (κ3) is 4.13. The highest BCUT2D eigenvalue weighted by Crippen LogP contribution is 2.30. The Hall–Kier alpha value is -2.50. The van der Waals surface area contributed by atoms with Crippen molar-refractivity contribution in [3.05, 3.63) is 58.9 Å². The number of benzene rings is 2. The summed E-state index contributed by atoms with van der Waals surface area (Å²) in [5, 5.41) is 14.6. The molecular formula is C18H14Cl2N2O3. The van der Waals surface area contributed by atoms with Crippen molar-refractivity contribution in [1.82, 2.24) is 10.1 Å². The van der Waals surface area contributed by atoms with E-state index in [9.17, 15) is 5.11 Å². The van der Waals surface area contributed by atoms with Crippen LogP contribution in [-0.2, 0) is 0 Å². The van der Waals surface area contributed by atoms with Crippen LogP contribution >= 0.6 is 23.2 Å². The Kier molecular flexibility index (Phi) is 5.26. The summed E-state index contributed by atoms with van der Waals surface area (Å²) in [6.45, 7) is 2.29. The Morgan fingerprint density at radius 2 is 2.00 bits per heavy atom. The van der Waals surface area contributed by atoms with Gasteiger partial charge in [0.2, 0.25) is 5.82 Å². The molecule has 3 aromatic rings. The second kappa shape index (κ2) is 7.59. The highest BCUT2D eigenvalue weighted by molar-refractivity contribution is 6.50. The van der Waals surface area contributed by atoms with Crippen molar-refractivity contribution in [2.75, 3.05) is 6.61 Å². The van der Waals surface area contributed by atoms with Gasteiger partial charge in [-0.2, -0.15) is 4.98 Å². The van der Waals surface area contributed by atoms with Crippen molar-refractivity contribution in [2.45, 2.75) is 6.92 Å². The Morgan fingerprint density at radius 1 is 1.24 bits per heavy atom. The predicted octanol–water partition coefficient (Wildman–Crippen LogP) is 5.23. The monoisotopic (exact) mass is 376 g/mol. The predicted molar refractivity (Wildman–Crippen MR) is 97.7 cm³/mol. The Labute approximate surface area is 154 Å². The van der Waals surface area contributed by atoms with Gasteiger partial charge in [-0.15, -0.1) is 0 Å². The summed E-state index contributed by atoms with van der Waals surface area (Å²) in [5.41, 5.74) is 1.50. The van der Waals surface area contributed by atoms with Gasteiger partial charge >= 0.3 is 0 Å². The van der Waals surface area contributed by atoms with Crippen molar-refractivity contribution in [3.8, 4) is 22.9 Å². The molecule has 3 rings (SSSR count). The second-order valence-corrected chi connectivity index (χ2v) is 5.93. The van der Waals surface area contributed by atoms with Crippen LogP contribution in [0.2, 0.25) is 5.02 Å². The molecule has 25 heavy (non-hydrogen) atoms. The zero-order valence-electron chi connectivity index (χ0n) is 13.2. The average molecular weight is 377 g/mol. The molecule has 0 radical (unpaired) electrons. The van der Waals surface area contributed by atoms with Gasteiger partial charge in [-0.1, -0.05) is 34.4 Å². The van der Waals surface area contributed by atoms with Crippen LogP contribution in [-0.4, -0.2) is 21.9 Å². The van der Waals surface area contributed by atoms with E-state index in [1.165, 1.54) is 6.07 Å². The largest absolute Gasteiger partial charge is 0.504 e. The van der Waals surface area contributed by atoms with Gasteiger partial charge in [0.1, 0.15) is 5.03 Å². The number of ether oxygens (including phenoxy) is 1. The van der Waals surface area contributed by atoms with Crippen LogP contribution in [0.1, 0.15) is 18.4 Å². The smallest absolute Gasteiger partial charge is 0.269 e. The number of phenolic OH excluding ortho intramolecular Hbond substituents is 1. The standard InChI is InChI=1S/C18H14Cl2N2O3/c1-2-24-16-10-11(3-8-15(16)23)9-14(20)18-21-17(22-25-18)12-4-6-13(19)7-5-12/h3-10,23H,2H2,1H3/b14-9-. The zero-order valence-corrected chi connectivity index (χ0v) is 14.8. The quantitative estimate of drug-likeness (QED) is 0.659. The lowest BCUT2D eigenvalue weighted by Gasteiger charge is -2.06. The lowest BCUT2D eigenvalue weighted by molar-refractivity contribution is 0.318. The van der Waals surface area contributed by atoms with Crippen molar-refractivity contribution in [2.24, 2.45) is 0 Å². The van der Waals surface area contributed by atoms with Crippen molar-refractivity contribution in [1.29, 1.82) is 0 Å². The van der Waals surface area contributed by atoms with Gasteiger partial charge in [0.15, 0.2) is 11.5 Å². The Bertz CT molecular complexity index is 905. The molecule has 0 aliphatic carbocycles. The molecule has 5 nitrogen and oxygen atoms in total. The van der Waals surface area contributed by atoms with Crippen LogP contribution in [0.15, 0.2) is 47.0 Å². The van der Waals surface area contributed by atoms with Crippen LogP contribution in [0.4, 0.5) is 0 Å². The summed E-state index contributed by atoms with van der Waals surface area (Å²) < 4.78 is 10.6. The van der Waals surface area contributed by atoms with Gasteiger partial charge in [-0.3, -0.25) is 0 Å². The van der Waals surface area contributed by atoms with E-state index >= 15 is 0 Å². The molecule has 0 amide bonds. The van der Waals surface area contributed by atoms with Crippen LogP contribution < -0.4 is 4.74 Å². The van der Waals surface area contributed by atoms with Crippen molar-refractivity contribution >= 4 is 34.3 Å². The highest BCUT2D eigenvalue weighted by atomic mass is 35.5. The molecule has 0 atom stereocenters. The summed E-state index contributed by atoms with van der Waals surface area (Å²) in [7, 11) is 0. The normalized spacial score (nSPS) is 11.6. The van der Waals surface area contributed by atoms with Crippen LogP contribution in [0.3, 0.4) is 0 Å². The first-order valence-electron chi connectivity index (χ1n) is 7.50. The molecule has 0 saturated heterocycles. The van der Waals surface area contributed by atoms with E-state index < -0.39 is 0 Å². The van der Waals surface area contributed by atoms with E-state index in [4.69, 9.17) is 32.5 Å². The lowest BCUT2D eigenvalue weighted by atomic mass is 10.2. The van der Waals surface area contributed by atoms with Crippen LogP contribution in [0, 0.1) is 0 Å². The fourth-order valence-corrected chi connectivity index (χ4v) is 2.47. The maximum absolute atomic E-state index is 9.74. The number of rotatable bonds is 5. The van der Waals surface area contributed by atoms with Gasteiger partial charge in [-0.05, 0) is 55.0 Å². The van der Waals surface area contributed by atoms with E-state index in [1.807, 2.05) is 6.92 Å². The summed E-state index contributed by atoms with van der Waals surface area (Å²) in [6, 6.07) is 12.0. The summed E-state index contributed by atoms with van der Waals surface area (Å²) >= 11 is 12.1. The van der Waals surface area contributed by atoms with Gasteiger partial charge in [0.05, 0.1) is 6.61 Å². The molecule has 1 aromatic heterocycles. The minimum Gasteiger partial charge on any atom is -0.504 e. The van der Waals surface area contributed by atoms with E-state index in [-0.39, 0.29) is 16.7 Å². The Morgan fingerprint density at radius 3 is 2.72 bits per heavy atom. The van der Waals surface area contributed by atoms with Gasteiger partial charge in [0, 0.05) is 10.6 Å². The first kappa shape index (κ1) is 17.3. The first-order valence-corrected chi connectivity index (χ1v) is 8.25. The number of hydrogen-bond acceptors (Lipinski definition) is 5. The summed E-state index contributed by atoms with van der Waals surface area (Å²) in [5.74, 6) is 1.06. The minimum absolute atomic E-state index is 0.0675. The lowest BCUT2D eigenvalue weighted by Crippen LogP contribution is -1.92. The average Bonchev–Trinajstić information content (AvgIpc) is 3.09. The van der Waals surface area contributed by atoms with Crippen molar-refractivity contribution in [3.63, 3.8) is 0 Å². The molecule has 0 unspecified atom stereocenters. The first-order chi connectivity index (χ1) is 12.1. The fraction of sp³-hybridized carbons (Fsp3) is 0.111. The molecule has 0 bridgehead atoms. The van der Waals surface area contributed by atoms with E-state index in [2.05, 4.69) is 10.1 Å². The molecule has 0 aliphatic heterocycles. The van der Waals surface area contributed by atoms with Crippen LogP contribution in [0.25, 0.3) is 22.5 Å². The van der Waals surface area contributed by atoms with Crippen molar-refractivity contribution < 1.29 is 14.4 Å². The Balaban J connectivity index is 1.86. The maximum Gasteiger partial charge on any atom is 0.269 e. The molecule has 0 aliphatic rings. The molecule has 128 valence electrons. The molecule has 7 heteroatoms. The fourth-order valence-electron chi connectivity index (χ4n) is 2.14. The number of aromatic nitrogens is 2. The van der Waals surface area contributed by atoms with E-state index in [0.717, 1.165) is 11.1 Å². The van der Waals surface area contributed by atoms with E-state index in [1.54, 1.807) is 42.5 Å². The molecule has 0 spiro atoms.